The maximum Gasteiger partial charge on any atom is 0.194 e. The molecule has 0 amide bonds. The molecule has 0 atom stereocenters. The molecule has 0 saturated heterocycles. The zero-order valence-electron chi connectivity index (χ0n) is 25.7. The number of ketones is 2. The average molecular weight is 609 g/mol. The average Bonchev–Trinajstić information content (AvgIpc) is 3.14. The zero-order valence-corrected chi connectivity index (χ0v) is 25.7. The molecule has 2 nitrogen and oxygen atoms in total. The van der Waals surface area contributed by atoms with Crippen LogP contribution in [0.1, 0.15) is 31.8 Å². The lowest BCUT2D eigenvalue weighted by molar-refractivity contribution is 0.0979. The highest BCUT2D eigenvalue weighted by atomic mass is 16.1. The van der Waals surface area contributed by atoms with Crippen molar-refractivity contribution in [3.05, 3.63) is 168 Å². The van der Waals surface area contributed by atoms with Gasteiger partial charge >= 0.3 is 0 Å². The molecule has 0 unspecified atom stereocenters. The molecular weight excluding hydrogens is 585 g/mol. The summed E-state index contributed by atoms with van der Waals surface area (Å²) in [5.41, 5.74) is 5.82. The van der Waals surface area contributed by atoms with Crippen molar-refractivity contribution in [1.29, 1.82) is 0 Å². The van der Waals surface area contributed by atoms with E-state index in [4.69, 9.17) is 0 Å². The van der Waals surface area contributed by atoms with E-state index >= 15 is 0 Å². The van der Waals surface area contributed by atoms with Crippen molar-refractivity contribution in [2.24, 2.45) is 0 Å². The molecule has 10 aromatic rings. The van der Waals surface area contributed by atoms with Gasteiger partial charge < -0.3 is 0 Å². The minimum absolute atomic E-state index is 0.110. The molecule has 0 N–H and O–H groups in total. The number of hydrogen-bond acceptors (Lipinski definition) is 2. The van der Waals surface area contributed by atoms with E-state index in [1.54, 1.807) is 0 Å². The maximum absolute atomic E-state index is 14.1. The molecule has 0 aromatic heterocycles. The molecular formula is C46H24O2. The molecule has 48 heavy (non-hydrogen) atoms. The quantitative estimate of drug-likeness (QED) is 0.183. The molecule has 1 aliphatic rings. The molecule has 0 fully saturated rings. The van der Waals surface area contributed by atoms with E-state index < -0.39 is 0 Å². The third kappa shape index (κ3) is 3.31. The number of benzene rings is 10. The predicted molar refractivity (Wildman–Crippen MR) is 198 cm³/mol. The van der Waals surface area contributed by atoms with E-state index in [0.717, 1.165) is 33.0 Å². The Morgan fingerprint density at radius 3 is 1.02 bits per heavy atom. The Labute approximate surface area is 275 Å². The van der Waals surface area contributed by atoms with E-state index in [2.05, 4.69) is 109 Å². The highest BCUT2D eigenvalue weighted by Gasteiger charge is 2.31. The number of hydrogen-bond donors (Lipinski definition) is 0. The van der Waals surface area contributed by atoms with Gasteiger partial charge in [-0.1, -0.05) is 121 Å². The molecule has 0 aliphatic heterocycles. The Morgan fingerprint density at radius 2 is 0.604 bits per heavy atom. The van der Waals surface area contributed by atoms with Crippen LogP contribution in [0.5, 0.6) is 0 Å². The molecule has 1 aliphatic carbocycles. The van der Waals surface area contributed by atoms with Crippen LogP contribution in [-0.4, -0.2) is 11.6 Å². The summed E-state index contributed by atoms with van der Waals surface area (Å²) in [6.45, 7) is 0. The van der Waals surface area contributed by atoms with Gasteiger partial charge in [0.1, 0.15) is 0 Å². The van der Waals surface area contributed by atoms with Crippen LogP contribution in [0.3, 0.4) is 0 Å². The maximum atomic E-state index is 14.1. The van der Waals surface area contributed by atoms with Gasteiger partial charge in [0.25, 0.3) is 0 Å². The molecule has 0 saturated carbocycles. The van der Waals surface area contributed by atoms with Crippen molar-refractivity contribution < 1.29 is 9.59 Å². The second-order valence-corrected chi connectivity index (χ2v) is 13.1. The van der Waals surface area contributed by atoms with Gasteiger partial charge in [-0.3, -0.25) is 9.59 Å². The second kappa shape index (κ2) is 9.12. The van der Waals surface area contributed by atoms with Crippen LogP contribution in [0.2, 0.25) is 0 Å². The molecule has 220 valence electrons. The van der Waals surface area contributed by atoms with E-state index in [1.165, 1.54) is 53.9 Å². The Bertz CT molecular complexity index is 2800. The SMILES string of the molecule is O=C1c2ccc(-c3ccc4ccc5cccc6ccc3c4c56)cc2C(=O)c2ccc(-c3ccc4ccc5cccc6ccc3c4c56)cc21. The minimum Gasteiger partial charge on any atom is -0.289 e. The predicted octanol–water partition coefficient (Wildman–Crippen LogP) is 11.6. The molecule has 10 aromatic carbocycles. The first-order chi connectivity index (χ1) is 23.6. The third-order valence-electron chi connectivity index (χ3n) is 10.7. The van der Waals surface area contributed by atoms with E-state index in [0.29, 0.717) is 22.3 Å². The number of carbonyl (C=O) groups excluding carboxylic acids is 2. The first-order valence-electron chi connectivity index (χ1n) is 16.3. The topological polar surface area (TPSA) is 34.1 Å². The lowest BCUT2D eigenvalue weighted by Crippen LogP contribution is -2.21. The van der Waals surface area contributed by atoms with Crippen molar-refractivity contribution in [2.75, 3.05) is 0 Å². The van der Waals surface area contributed by atoms with Gasteiger partial charge in [-0.15, -0.1) is 0 Å². The van der Waals surface area contributed by atoms with Gasteiger partial charge in [-0.25, -0.2) is 0 Å². The van der Waals surface area contributed by atoms with Crippen LogP contribution in [0, 0.1) is 0 Å². The first kappa shape index (κ1) is 25.8. The molecule has 0 radical (unpaired) electrons. The van der Waals surface area contributed by atoms with Crippen LogP contribution in [0.4, 0.5) is 0 Å². The lowest BCUT2D eigenvalue weighted by atomic mass is 9.80. The minimum atomic E-state index is -0.110. The summed E-state index contributed by atoms with van der Waals surface area (Å²) in [4.78, 5) is 28.2. The summed E-state index contributed by atoms with van der Waals surface area (Å²) in [6, 6.07) is 50.3. The normalized spacial score (nSPS) is 13.1. The van der Waals surface area contributed by atoms with Crippen LogP contribution in [0.25, 0.3) is 86.9 Å². The molecule has 11 rings (SSSR count). The van der Waals surface area contributed by atoms with Gasteiger partial charge in [0, 0.05) is 22.3 Å². The zero-order chi connectivity index (χ0) is 31.7. The summed E-state index contributed by atoms with van der Waals surface area (Å²) >= 11 is 0. The van der Waals surface area contributed by atoms with Crippen molar-refractivity contribution in [2.45, 2.75) is 0 Å². The number of fused-ring (bicyclic) bond motifs is 2. The smallest absolute Gasteiger partial charge is 0.194 e. The van der Waals surface area contributed by atoms with Gasteiger partial charge in [-0.2, -0.15) is 0 Å². The number of rotatable bonds is 2. The summed E-state index contributed by atoms with van der Waals surface area (Å²) in [7, 11) is 0. The van der Waals surface area contributed by atoms with Crippen LogP contribution in [-0.2, 0) is 0 Å². The third-order valence-corrected chi connectivity index (χ3v) is 10.7. The highest BCUT2D eigenvalue weighted by molar-refractivity contribution is 6.30. The van der Waals surface area contributed by atoms with Crippen LogP contribution in [0.15, 0.2) is 146 Å². The van der Waals surface area contributed by atoms with Crippen LogP contribution >= 0.6 is 0 Å². The van der Waals surface area contributed by atoms with Crippen molar-refractivity contribution in [3.8, 4) is 22.3 Å². The number of carbonyl (C=O) groups is 2. The largest absolute Gasteiger partial charge is 0.289 e. The molecule has 0 bridgehead atoms. The Kier molecular flexibility index (Phi) is 4.90. The summed E-state index contributed by atoms with van der Waals surface area (Å²) in [5, 5.41) is 14.5. The summed E-state index contributed by atoms with van der Waals surface area (Å²) < 4.78 is 0. The van der Waals surface area contributed by atoms with E-state index in [9.17, 15) is 9.59 Å². The summed E-state index contributed by atoms with van der Waals surface area (Å²) in [6.07, 6.45) is 0. The fourth-order valence-corrected chi connectivity index (χ4v) is 8.46. The highest BCUT2D eigenvalue weighted by Crippen LogP contribution is 2.42. The fourth-order valence-electron chi connectivity index (χ4n) is 8.46. The Morgan fingerprint density at radius 1 is 0.271 bits per heavy atom. The molecule has 0 heterocycles. The first-order valence-corrected chi connectivity index (χ1v) is 16.3. The molecule has 2 heteroatoms. The van der Waals surface area contributed by atoms with E-state index in [-0.39, 0.29) is 11.6 Å². The summed E-state index contributed by atoms with van der Waals surface area (Å²) in [5.74, 6) is -0.220. The van der Waals surface area contributed by atoms with Crippen LogP contribution < -0.4 is 0 Å². The fraction of sp³-hybridized carbons (Fsp3) is 0. The standard InChI is InChI=1S/C46H24O2/c47-45-38-22-16-32(34-18-12-30-10-8-26-4-2-6-28-14-20-36(34)44(30)42(26)28)24-40(38)46(48)37-21-15-31(23-39(37)45)33-17-11-29-9-7-25-3-1-5-27-13-19-35(33)43(29)41(25)27/h1-24H. The van der Waals surface area contributed by atoms with Gasteiger partial charge in [-0.05, 0) is 111 Å². The lowest BCUT2D eigenvalue weighted by Gasteiger charge is -2.20. The van der Waals surface area contributed by atoms with Crippen molar-refractivity contribution in [3.63, 3.8) is 0 Å². The monoisotopic (exact) mass is 608 g/mol. The van der Waals surface area contributed by atoms with E-state index in [1.807, 2.05) is 36.4 Å². The van der Waals surface area contributed by atoms with Gasteiger partial charge in [0.2, 0.25) is 0 Å². The molecule has 0 spiro atoms. The van der Waals surface area contributed by atoms with Crippen molar-refractivity contribution in [1.82, 2.24) is 0 Å². The second-order valence-electron chi connectivity index (χ2n) is 13.1. The Balaban J connectivity index is 1.05. The van der Waals surface area contributed by atoms with Crippen molar-refractivity contribution >= 4 is 76.2 Å². The Hall–Kier alpha value is -6.38. The van der Waals surface area contributed by atoms with Gasteiger partial charge in [0.15, 0.2) is 11.6 Å². The van der Waals surface area contributed by atoms with Gasteiger partial charge in [0.05, 0.1) is 0 Å².